The van der Waals surface area contributed by atoms with E-state index < -0.39 is 0 Å². The largest absolute Gasteiger partial charge is 0.303 e. The van der Waals surface area contributed by atoms with Crippen LogP contribution in [0, 0.1) is 10.8 Å². The van der Waals surface area contributed by atoms with E-state index in [4.69, 9.17) is 0 Å². The van der Waals surface area contributed by atoms with Crippen molar-refractivity contribution < 1.29 is 4.79 Å². The summed E-state index contributed by atoms with van der Waals surface area (Å²) in [6.07, 6.45) is 3.31. The normalized spacial score (nSPS) is 35.2. The second-order valence-corrected chi connectivity index (χ2v) is 5.51. The fourth-order valence-corrected chi connectivity index (χ4v) is 3.68. The summed E-state index contributed by atoms with van der Waals surface area (Å²) in [5.74, 6) is 0.465. The van der Waals surface area contributed by atoms with Gasteiger partial charge in [-0.3, -0.25) is 0 Å². The van der Waals surface area contributed by atoms with Gasteiger partial charge in [0.15, 0.2) is 0 Å². The molecule has 2 aliphatic carbocycles. The van der Waals surface area contributed by atoms with Crippen molar-refractivity contribution in [3.05, 3.63) is 35.4 Å². The number of fused-ring (bicyclic) bond motifs is 3. The zero-order valence-corrected chi connectivity index (χ0v) is 9.29. The van der Waals surface area contributed by atoms with Gasteiger partial charge in [0.05, 0.1) is 0 Å². The van der Waals surface area contributed by atoms with E-state index in [0.29, 0.717) is 5.92 Å². The molecule has 0 amide bonds. The minimum Gasteiger partial charge on any atom is -0.303 e. The molecule has 0 spiro atoms. The highest BCUT2D eigenvalue weighted by Gasteiger charge is 2.72. The lowest BCUT2D eigenvalue weighted by atomic mass is 9.84. The number of aldehydes is 1. The topological polar surface area (TPSA) is 17.1 Å². The molecule has 0 aromatic heterocycles. The van der Waals surface area contributed by atoms with Crippen molar-refractivity contribution in [1.29, 1.82) is 0 Å². The number of hydrogen-bond acceptors (Lipinski definition) is 1. The van der Waals surface area contributed by atoms with Crippen LogP contribution in [0.5, 0.6) is 0 Å². The molecule has 2 atom stereocenters. The van der Waals surface area contributed by atoms with Gasteiger partial charge in [0.25, 0.3) is 0 Å². The molecule has 1 fully saturated rings. The molecule has 1 saturated carbocycles. The average Bonchev–Trinajstić information content (AvgIpc) is 2.77. The summed E-state index contributed by atoms with van der Waals surface area (Å²) in [6, 6.07) is 8.60. The van der Waals surface area contributed by atoms with Crippen LogP contribution in [0.1, 0.15) is 37.3 Å². The molecule has 78 valence electrons. The van der Waals surface area contributed by atoms with Gasteiger partial charge < -0.3 is 4.79 Å². The van der Waals surface area contributed by atoms with E-state index >= 15 is 0 Å². The molecule has 0 saturated heterocycles. The minimum atomic E-state index is -0.0542. The molecule has 1 nitrogen and oxygen atoms in total. The molecule has 0 N–H and O–H groups in total. The second kappa shape index (κ2) is 2.52. The lowest BCUT2D eigenvalue weighted by Crippen LogP contribution is -2.15. The number of carbonyl (C=O) groups excluding carboxylic acids is 1. The van der Waals surface area contributed by atoms with Gasteiger partial charge >= 0.3 is 0 Å². The highest BCUT2D eigenvalue weighted by Crippen LogP contribution is 2.76. The molecule has 1 aromatic rings. The van der Waals surface area contributed by atoms with Crippen LogP contribution in [0.3, 0.4) is 0 Å². The van der Waals surface area contributed by atoms with Gasteiger partial charge in [0.1, 0.15) is 6.29 Å². The van der Waals surface area contributed by atoms with Gasteiger partial charge in [-0.15, -0.1) is 0 Å². The molecule has 0 aliphatic heterocycles. The molecule has 1 heteroatoms. The smallest absolute Gasteiger partial charge is 0.127 e. The molecule has 3 rings (SSSR count). The van der Waals surface area contributed by atoms with Crippen LogP contribution >= 0.6 is 0 Å². The molecular formula is C14H16O. The summed E-state index contributed by atoms with van der Waals surface area (Å²) >= 11 is 0. The van der Waals surface area contributed by atoms with Gasteiger partial charge in [-0.2, -0.15) is 0 Å². The molecule has 1 aromatic carbocycles. The summed E-state index contributed by atoms with van der Waals surface area (Å²) in [7, 11) is 0. The summed E-state index contributed by atoms with van der Waals surface area (Å²) in [5.41, 5.74) is 2.98. The summed E-state index contributed by atoms with van der Waals surface area (Å²) in [5, 5.41) is 0. The number of aryl methyl sites for hydroxylation is 1. The maximum Gasteiger partial charge on any atom is 0.127 e. The highest BCUT2D eigenvalue weighted by molar-refractivity contribution is 5.73. The zero-order chi connectivity index (χ0) is 10.7. The van der Waals surface area contributed by atoms with Crippen molar-refractivity contribution in [3.63, 3.8) is 0 Å². The van der Waals surface area contributed by atoms with Crippen LogP contribution in [0.2, 0.25) is 0 Å². The Bertz CT molecular complexity index is 433. The lowest BCUT2D eigenvalue weighted by molar-refractivity contribution is -0.113. The molecule has 15 heavy (non-hydrogen) atoms. The van der Waals surface area contributed by atoms with Gasteiger partial charge in [-0.1, -0.05) is 38.1 Å². The number of rotatable bonds is 1. The first-order chi connectivity index (χ1) is 7.13. The first-order valence-electron chi connectivity index (χ1n) is 5.67. The van der Waals surface area contributed by atoms with Crippen LogP contribution in [0.25, 0.3) is 0 Å². The highest BCUT2D eigenvalue weighted by atomic mass is 16.1. The Morgan fingerprint density at radius 3 is 2.80 bits per heavy atom. The van der Waals surface area contributed by atoms with Crippen LogP contribution < -0.4 is 0 Å². The van der Waals surface area contributed by atoms with E-state index in [1.54, 1.807) is 0 Å². The van der Waals surface area contributed by atoms with Gasteiger partial charge in [0, 0.05) is 11.3 Å². The van der Waals surface area contributed by atoms with Crippen LogP contribution in [-0.4, -0.2) is 6.29 Å². The van der Waals surface area contributed by atoms with Crippen molar-refractivity contribution in [3.8, 4) is 0 Å². The standard InChI is InChI=1S/C14H16O/c1-13(2)12-11-6-4-3-5-10(11)7-8-14(12,13)9-15/h3-6,9,12H,7-8H2,1-2H3. The third-order valence-electron chi connectivity index (χ3n) is 4.74. The molecule has 2 aliphatic rings. The first-order valence-corrected chi connectivity index (χ1v) is 5.67. The summed E-state index contributed by atoms with van der Waals surface area (Å²) in [4.78, 5) is 11.3. The fraction of sp³-hybridized carbons (Fsp3) is 0.500. The van der Waals surface area contributed by atoms with Crippen molar-refractivity contribution in [1.82, 2.24) is 0 Å². The van der Waals surface area contributed by atoms with Crippen LogP contribution in [-0.2, 0) is 11.2 Å². The van der Waals surface area contributed by atoms with Gasteiger partial charge in [-0.05, 0) is 29.4 Å². The predicted molar refractivity (Wildman–Crippen MR) is 59.8 cm³/mol. The third kappa shape index (κ3) is 0.871. The molecule has 0 bridgehead atoms. The second-order valence-electron chi connectivity index (χ2n) is 5.51. The Labute approximate surface area is 90.5 Å². The average molecular weight is 200 g/mol. The van der Waals surface area contributed by atoms with E-state index in [9.17, 15) is 4.79 Å². The maximum atomic E-state index is 11.3. The van der Waals surface area contributed by atoms with Crippen LogP contribution in [0.4, 0.5) is 0 Å². The fourth-order valence-electron chi connectivity index (χ4n) is 3.68. The van der Waals surface area contributed by atoms with Crippen molar-refractivity contribution in [2.45, 2.75) is 32.6 Å². The summed E-state index contributed by atoms with van der Waals surface area (Å²) < 4.78 is 0. The minimum absolute atomic E-state index is 0.0542. The molecule has 2 unspecified atom stereocenters. The quantitative estimate of drug-likeness (QED) is 0.637. The number of carbonyl (C=O) groups is 1. The molecule has 0 heterocycles. The zero-order valence-electron chi connectivity index (χ0n) is 9.29. The van der Waals surface area contributed by atoms with Crippen molar-refractivity contribution >= 4 is 6.29 Å². The molecular weight excluding hydrogens is 184 g/mol. The predicted octanol–water partition coefficient (Wildman–Crippen LogP) is 2.94. The first kappa shape index (κ1) is 9.14. The Kier molecular flexibility index (Phi) is 1.54. The van der Waals surface area contributed by atoms with E-state index in [1.165, 1.54) is 17.4 Å². The third-order valence-corrected chi connectivity index (χ3v) is 4.74. The van der Waals surface area contributed by atoms with Gasteiger partial charge in [0.2, 0.25) is 0 Å². The molecule has 0 radical (unpaired) electrons. The van der Waals surface area contributed by atoms with Crippen molar-refractivity contribution in [2.24, 2.45) is 10.8 Å². The van der Waals surface area contributed by atoms with E-state index in [0.717, 1.165) is 12.8 Å². The SMILES string of the molecule is CC1(C)C2c3ccccc3CCC21C=O. The lowest BCUT2D eigenvalue weighted by Gasteiger charge is -2.19. The van der Waals surface area contributed by atoms with E-state index in [-0.39, 0.29) is 10.8 Å². The van der Waals surface area contributed by atoms with E-state index in [2.05, 4.69) is 38.1 Å². The van der Waals surface area contributed by atoms with E-state index in [1.807, 2.05) is 0 Å². The monoisotopic (exact) mass is 200 g/mol. The summed E-state index contributed by atoms with van der Waals surface area (Å²) in [6.45, 7) is 4.46. The Morgan fingerprint density at radius 2 is 2.07 bits per heavy atom. The Hall–Kier alpha value is -1.11. The Morgan fingerprint density at radius 1 is 1.33 bits per heavy atom. The van der Waals surface area contributed by atoms with Crippen LogP contribution in [0.15, 0.2) is 24.3 Å². The van der Waals surface area contributed by atoms with Gasteiger partial charge in [-0.25, -0.2) is 0 Å². The Balaban J connectivity index is 2.15. The number of hydrogen-bond donors (Lipinski definition) is 0. The van der Waals surface area contributed by atoms with Crippen molar-refractivity contribution in [2.75, 3.05) is 0 Å². The number of benzene rings is 1. The maximum absolute atomic E-state index is 11.3.